The van der Waals surface area contributed by atoms with Crippen molar-refractivity contribution in [3.63, 3.8) is 0 Å². The smallest absolute Gasteiger partial charge is 0.238 e. The van der Waals surface area contributed by atoms with Crippen molar-refractivity contribution in [1.29, 1.82) is 0 Å². The highest BCUT2D eigenvalue weighted by Gasteiger charge is 2.11. The molecule has 0 fully saturated rings. The number of benzene rings is 1. The van der Waals surface area contributed by atoms with Gasteiger partial charge >= 0.3 is 0 Å². The maximum atomic E-state index is 12.1. The minimum Gasteiger partial charge on any atom is -0.325 e. The third kappa shape index (κ3) is 4.84. The van der Waals surface area contributed by atoms with Gasteiger partial charge in [-0.25, -0.2) is 0 Å². The van der Waals surface area contributed by atoms with Crippen LogP contribution < -0.4 is 5.32 Å². The molecule has 0 aliphatic heterocycles. The van der Waals surface area contributed by atoms with E-state index in [4.69, 9.17) is 11.6 Å². The van der Waals surface area contributed by atoms with Gasteiger partial charge < -0.3 is 5.32 Å². The standard InChI is InChI=1S/C16H19ClN2OS/c1-3-19(10-14-5-4-8-21-14)11-16(20)18-13-7-6-12(2)15(17)9-13/h4-9H,3,10-11H2,1-2H3,(H,18,20). The molecule has 0 unspecified atom stereocenters. The predicted molar refractivity (Wildman–Crippen MR) is 90.1 cm³/mol. The number of nitrogens with zero attached hydrogens (tertiary/aromatic N) is 1. The molecule has 1 aromatic carbocycles. The average Bonchev–Trinajstić information content (AvgIpc) is 2.95. The average molecular weight is 323 g/mol. The van der Waals surface area contributed by atoms with Gasteiger partial charge in [-0.2, -0.15) is 0 Å². The maximum absolute atomic E-state index is 12.1. The summed E-state index contributed by atoms with van der Waals surface area (Å²) in [7, 11) is 0. The van der Waals surface area contributed by atoms with Gasteiger partial charge in [0.2, 0.25) is 5.91 Å². The van der Waals surface area contributed by atoms with Gasteiger partial charge in [0.25, 0.3) is 0 Å². The van der Waals surface area contributed by atoms with Gasteiger partial charge in [0.1, 0.15) is 0 Å². The lowest BCUT2D eigenvalue weighted by Crippen LogP contribution is -2.32. The summed E-state index contributed by atoms with van der Waals surface area (Å²) in [5.74, 6) is -0.0201. The van der Waals surface area contributed by atoms with Crippen LogP contribution in [-0.2, 0) is 11.3 Å². The Labute approximate surface area is 134 Å². The Bertz CT molecular complexity index is 598. The number of aryl methyl sites for hydroxylation is 1. The summed E-state index contributed by atoms with van der Waals surface area (Å²) < 4.78 is 0. The van der Waals surface area contributed by atoms with Gasteiger partial charge in [-0.05, 0) is 42.6 Å². The fourth-order valence-electron chi connectivity index (χ4n) is 1.98. The number of rotatable bonds is 6. The quantitative estimate of drug-likeness (QED) is 0.865. The second-order valence-electron chi connectivity index (χ2n) is 4.89. The summed E-state index contributed by atoms with van der Waals surface area (Å²) in [5, 5.41) is 5.61. The van der Waals surface area contributed by atoms with Gasteiger partial charge in [-0.3, -0.25) is 9.69 Å². The lowest BCUT2D eigenvalue weighted by Gasteiger charge is -2.19. The van der Waals surface area contributed by atoms with Crippen molar-refractivity contribution in [3.8, 4) is 0 Å². The molecule has 0 spiro atoms. The van der Waals surface area contributed by atoms with Crippen molar-refractivity contribution in [2.24, 2.45) is 0 Å². The summed E-state index contributed by atoms with van der Waals surface area (Å²) in [6.07, 6.45) is 0. The van der Waals surface area contributed by atoms with Crippen molar-refractivity contribution in [2.75, 3.05) is 18.4 Å². The van der Waals surface area contributed by atoms with Gasteiger partial charge in [0.15, 0.2) is 0 Å². The Balaban J connectivity index is 1.91. The SMILES string of the molecule is CCN(CC(=O)Nc1ccc(C)c(Cl)c1)Cc1cccs1. The minimum absolute atomic E-state index is 0.0201. The monoisotopic (exact) mass is 322 g/mol. The van der Waals surface area contributed by atoms with E-state index in [9.17, 15) is 4.79 Å². The molecule has 0 aliphatic carbocycles. The Hall–Kier alpha value is -1.36. The molecule has 3 nitrogen and oxygen atoms in total. The third-order valence-corrected chi connectivity index (χ3v) is 4.50. The van der Waals surface area contributed by atoms with E-state index >= 15 is 0 Å². The van der Waals surface area contributed by atoms with Gasteiger partial charge in [0.05, 0.1) is 6.54 Å². The van der Waals surface area contributed by atoms with Crippen LogP contribution in [0.25, 0.3) is 0 Å². The van der Waals surface area contributed by atoms with Gasteiger partial charge in [-0.1, -0.05) is 30.7 Å². The fourth-order valence-corrected chi connectivity index (χ4v) is 2.90. The molecule has 5 heteroatoms. The number of amides is 1. The number of nitrogens with one attached hydrogen (secondary N) is 1. The number of anilines is 1. The number of halogens is 1. The molecule has 0 saturated heterocycles. The summed E-state index contributed by atoms with van der Waals surface area (Å²) in [5.41, 5.74) is 1.74. The first kappa shape index (κ1) is 16.0. The van der Waals surface area contributed by atoms with Crippen LogP contribution in [0.2, 0.25) is 5.02 Å². The van der Waals surface area contributed by atoms with Crippen molar-refractivity contribution in [2.45, 2.75) is 20.4 Å². The van der Waals surface area contributed by atoms with E-state index in [1.165, 1.54) is 4.88 Å². The van der Waals surface area contributed by atoms with E-state index in [2.05, 4.69) is 28.6 Å². The zero-order valence-electron chi connectivity index (χ0n) is 12.2. The van der Waals surface area contributed by atoms with Crippen molar-refractivity contribution >= 4 is 34.5 Å². The molecule has 1 heterocycles. The van der Waals surface area contributed by atoms with Gasteiger partial charge in [0, 0.05) is 22.1 Å². The van der Waals surface area contributed by atoms with E-state index in [0.29, 0.717) is 11.6 Å². The molecule has 21 heavy (non-hydrogen) atoms. The van der Waals surface area contributed by atoms with E-state index in [1.54, 1.807) is 17.4 Å². The predicted octanol–water partition coefficient (Wildman–Crippen LogP) is 4.17. The molecule has 0 atom stereocenters. The maximum Gasteiger partial charge on any atom is 0.238 e. The molecule has 2 aromatic rings. The van der Waals surface area contributed by atoms with Crippen LogP contribution in [0, 0.1) is 6.92 Å². The summed E-state index contributed by atoms with van der Waals surface area (Å²) in [6.45, 7) is 6.01. The fraction of sp³-hybridized carbons (Fsp3) is 0.312. The minimum atomic E-state index is -0.0201. The Morgan fingerprint density at radius 3 is 2.81 bits per heavy atom. The lowest BCUT2D eigenvalue weighted by molar-refractivity contribution is -0.117. The number of thiophene rings is 1. The van der Waals surface area contributed by atoms with E-state index in [-0.39, 0.29) is 5.91 Å². The summed E-state index contributed by atoms with van der Waals surface area (Å²) >= 11 is 7.78. The zero-order valence-corrected chi connectivity index (χ0v) is 13.8. The number of hydrogen-bond acceptors (Lipinski definition) is 3. The highest BCUT2D eigenvalue weighted by molar-refractivity contribution is 7.09. The Morgan fingerprint density at radius 2 is 2.19 bits per heavy atom. The van der Waals surface area contributed by atoms with Crippen molar-refractivity contribution in [3.05, 3.63) is 51.2 Å². The molecular formula is C16H19ClN2OS. The van der Waals surface area contributed by atoms with E-state index in [1.807, 2.05) is 25.1 Å². The number of carbonyl (C=O) groups excluding carboxylic acids is 1. The molecule has 0 saturated carbocycles. The van der Waals surface area contributed by atoms with Crippen LogP contribution in [0.15, 0.2) is 35.7 Å². The van der Waals surface area contributed by atoms with Crippen LogP contribution in [0.1, 0.15) is 17.4 Å². The summed E-state index contributed by atoms with van der Waals surface area (Å²) in [6, 6.07) is 9.67. The van der Waals surface area contributed by atoms with Crippen LogP contribution in [-0.4, -0.2) is 23.9 Å². The molecule has 1 N–H and O–H groups in total. The van der Waals surface area contributed by atoms with E-state index in [0.717, 1.165) is 24.3 Å². The van der Waals surface area contributed by atoms with Crippen LogP contribution in [0.5, 0.6) is 0 Å². The Kier molecular flexibility index (Phi) is 5.79. The highest BCUT2D eigenvalue weighted by atomic mass is 35.5. The Morgan fingerprint density at radius 1 is 1.38 bits per heavy atom. The number of likely N-dealkylation sites (N-methyl/N-ethyl adjacent to an activating group) is 1. The molecule has 0 radical (unpaired) electrons. The third-order valence-electron chi connectivity index (χ3n) is 3.23. The second-order valence-corrected chi connectivity index (χ2v) is 6.33. The first-order valence-electron chi connectivity index (χ1n) is 6.89. The molecule has 1 amide bonds. The molecular weight excluding hydrogens is 304 g/mol. The lowest BCUT2D eigenvalue weighted by atomic mass is 10.2. The largest absolute Gasteiger partial charge is 0.325 e. The molecule has 0 aliphatic rings. The van der Waals surface area contributed by atoms with Crippen LogP contribution >= 0.6 is 22.9 Å². The first-order valence-corrected chi connectivity index (χ1v) is 8.15. The second kappa shape index (κ2) is 7.59. The summed E-state index contributed by atoms with van der Waals surface area (Å²) in [4.78, 5) is 15.5. The van der Waals surface area contributed by atoms with Crippen molar-refractivity contribution < 1.29 is 4.79 Å². The van der Waals surface area contributed by atoms with Crippen LogP contribution in [0.3, 0.4) is 0 Å². The number of carbonyl (C=O) groups is 1. The molecule has 112 valence electrons. The molecule has 2 rings (SSSR count). The molecule has 1 aromatic heterocycles. The zero-order chi connectivity index (χ0) is 15.2. The van der Waals surface area contributed by atoms with E-state index < -0.39 is 0 Å². The van der Waals surface area contributed by atoms with Crippen LogP contribution in [0.4, 0.5) is 5.69 Å². The number of hydrogen-bond donors (Lipinski definition) is 1. The first-order chi connectivity index (χ1) is 10.1. The highest BCUT2D eigenvalue weighted by Crippen LogP contribution is 2.20. The van der Waals surface area contributed by atoms with Gasteiger partial charge in [-0.15, -0.1) is 11.3 Å². The molecule has 0 bridgehead atoms. The topological polar surface area (TPSA) is 32.3 Å². The normalized spacial score (nSPS) is 10.9. The van der Waals surface area contributed by atoms with Crippen molar-refractivity contribution in [1.82, 2.24) is 4.90 Å².